The van der Waals surface area contributed by atoms with Crippen molar-refractivity contribution in [2.45, 2.75) is 45.1 Å². The van der Waals surface area contributed by atoms with Crippen LogP contribution in [0, 0.1) is 11.7 Å². The Bertz CT molecular complexity index is 698. The van der Waals surface area contributed by atoms with E-state index in [1.165, 1.54) is 12.1 Å². The van der Waals surface area contributed by atoms with E-state index in [1.54, 1.807) is 6.07 Å². The summed E-state index contributed by atoms with van der Waals surface area (Å²) in [4.78, 5) is 15.3. The van der Waals surface area contributed by atoms with Gasteiger partial charge in [-0.25, -0.2) is 4.39 Å². The second-order valence-corrected chi connectivity index (χ2v) is 6.60. The van der Waals surface area contributed by atoms with Gasteiger partial charge >= 0.3 is 0 Å². The number of nitrogens with one attached hydrogen (secondary N) is 2. The predicted octanol–water partition coefficient (Wildman–Crippen LogP) is 3.56. The highest BCUT2D eigenvalue weighted by Crippen LogP contribution is 2.24. The topological polar surface area (TPSA) is 54.1 Å². The molecule has 0 spiro atoms. The molecule has 4 nitrogen and oxygen atoms in total. The maximum atomic E-state index is 13.4. The summed E-state index contributed by atoms with van der Waals surface area (Å²) in [6, 6.07) is 4.72. The smallest absolute Gasteiger partial charge is 0.220 e. The Morgan fingerprint density at radius 2 is 2.33 bits per heavy atom. The molecule has 2 unspecified atom stereocenters. The fraction of sp³-hybridized carbons (Fsp3) is 0.526. The molecule has 1 fully saturated rings. The summed E-state index contributed by atoms with van der Waals surface area (Å²) in [5, 5.41) is 3.88. The van der Waals surface area contributed by atoms with Gasteiger partial charge in [-0.3, -0.25) is 4.79 Å². The second-order valence-electron chi connectivity index (χ2n) is 6.60. The molecule has 0 bridgehead atoms. The molecule has 2 N–H and O–H groups in total. The first-order valence-electron chi connectivity index (χ1n) is 8.79. The van der Waals surface area contributed by atoms with Crippen LogP contribution in [0.15, 0.2) is 24.4 Å². The molecule has 3 rings (SSSR count). The third kappa shape index (κ3) is 4.15. The van der Waals surface area contributed by atoms with E-state index in [9.17, 15) is 9.18 Å². The molecule has 0 aliphatic carbocycles. The molecule has 1 saturated heterocycles. The van der Waals surface area contributed by atoms with Crippen molar-refractivity contribution in [3.63, 3.8) is 0 Å². The average Bonchev–Trinajstić information content (AvgIpc) is 2.97. The molecule has 130 valence electrons. The Morgan fingerprint density at radius 1 is 1.46 bits per heavy atom. The number of hydrogen-bond donors (Lipinski definition) is 2. The van der Waals surface area contributed by atoms with Crippen molar-refractivity contribution in [3.05, 3.63) is 35.8 Å². The summed E-state index contributed by atoms with van der Waals surface area (Å²) in [6.07, 6.45) is 6.41. The summed E-state index contributed by atoms with van der Waals surface area (Å²) in [5.74, 6) is 0.283. The van der Waals surface area contributed by atoms with Crippen molar-refractivity contribution in [3.8, 4) is 0 Å². The largest absolute Gasteiger partial charge is 0.378 e. The number of rotatable bonds is 6. The Balaban J connectivity index is 1.47. The summed E-state index contributed by atoms with van der Waals surface area (Å²) >= 11 is 0. The van der Waals surface area contributed by atoms with Crippen LogP contribution in [-0.2, 0) is 16.0 Å². The number of fused-ring (bicyclic) bond motifs is 1. The molecular weight excluding hydrogens is 307 g/mol. The quantitative estimate of drug-likeness (QED) is 0.850. The lowest BCUT2D eigenvalue weighted by molar-refractivity contribution is -0.123. The molecule has 5 heteroatoms. The van der Waals surface area contributed by atoms with Crippen LogP contribution in [0.1, 0.15) is 38.2 Å². The van der Waals surface area contributed by atoms with Gasteiger partial charge in [-0.15, -0.1) is 0 Å². The summed E-state index contributed by atoms with van der Waals surface area (Å²) in [7, 11) is 0. The van der Waals surface area contributed by atoms with E-state index >= 15 is 0 Å². The van der Waals surface area contributed by atoms with E-state index in [4.69, 9.17) is 4.74 Å². The Hall–Kier alpha value is -1.88. The van der Waals surface area contributed by atoms with Gasteiger partial charge in [0.1, 0.15) is 5.82 Å². The average molecular weight is 332 g/mol. The predicted molar refractivity (Wildman–Crippen MR) is 92.3 cm³/mol. The van der Waals surface area contributed by atoms with E-state index in [0.29, 0.717) is 31.4 Å². The van der Waals surface area contributed by atoms with Crippen LogP contribution in [0.4, 0.5) is 4.39 Å². The number of aromatic amines is 1. The van der Waals surface area contributed by atoms with E-state index in [-0.39, 0.29) is 11.7 Å². The molecule has 2 atom stereocenters. The third-order valence-corrected chi connectivity index (χ3v) is 4.85. The number of carbonyl (C=O) groups excluding carboxylic acids is 1. The van der Waals surface area contributed by atoms with E-state index in [1.807, 2.05) is 6.20 Å². The van der Waals surface area contributed by atoms with Crippen LogP contribution in [0.5, 0.6) is 0 Å². The van der Waals surface area contributed by atoms with Gasteiger partial charge in [-0.05, 0) is 55.4 Å². The van der Waals surface area contributed by atoms with Crippen LogP contribution in [0.25, 0.3) is 10.9 Å². The molecular formula is C19H25FN2O2. The van der Waals surface area contributed by atoms with Crippen LogP contribution < -0.4 is 5.32 Å². The van der Waals surface area contributed by atoms with Gasteiger partial charge in [0.15, 0.2) is 0 Å². The summed E-state index contributed by atoms with van der Waals surface area (Å²) in [6.45, 7) is 3.46. The molecule has 24 heavy (non-hydrogen) atoms. The number of H-pyrrole nitrogens is 1. The van der Waals surface area contributed by atoms with Crippen molar-refractivity contribution in [1.82, 2.24) is 10.3 Å². The Labute approximate surface area is 141 Å². The first kappa shape index (κ1) is 17.0. The van der Waals surface area contributed by atoms with Crippen LogP contribution in [0.2, 0.25) is 0 Å². The van der Waals surface area contributed by atoms with Crippen LogP contribution in [-0.4, -0.2) is 30.1 Å². The van der Waals surface area contributed by atoms with E-state index < -0.39 is 0 Å². The van der Waals surface area contributed by atoms with Crippen LogP contribution >= 0.6 is 0 Å². The molecule has 0 saturated carbocycles. The van der Waals surface area contributed by atoms with Gasteiger partial charge in [0.25, 0.3) is 0 Å². The van der Waals surface area contributed by atoms with Gasteiger partial charge in [-0.2, -0.15) is 0 Å². The maximum Gasteiger partial charge on any atom is 0.220 e. The lowest BCUT2D eigenvalue weighted by atomic mass is 9.91. The van der Waals surface area contributed by atoms with Gasteiger partial charge in [0.2, 0.25) is 5.91 Å². The van der Waals surface area contributed by atoms with Crippen LogP contribution in [0.3, 0.4) is 0 Å². The van der Waals surface area contributed by atoms with Crippen molar-refractivity contribution in [2.24, 2.45) is 5.92 Å². The minimum absolute atomic E-state index is 0.0998. The number of hydrogen-bond acceptors (Lipinski definition) is 2. The van der Waals surface area contributed by atoms with E-state index in [0.717, 1.165) is 42.3 Å². The SMILES string of the molecule is CCC1CC(CC(=O)NCCc2c[nH]c3ccc(F)cc23)CCO1. The number of aromatic nitrogens is 1. The maximum absolute atomic E-state index is 13.4. The van der Waals surface area contributed by atoms with Gasteiger partial charge in [0.05, 0.1) is 6.10 Å². The standard InChI is InChI=1S/C19H25FN2O2/c1-2-16-9-13(6-8-24-16)10-19(23)21-7-5-14-12-22-18-4-3-15(20)11-17(14)18/h3-4,11-13,16,22H,2,5-10H2,1H3,(H,21,23). The minimum Gasteiger partial charge on any atom is -0.378 e. The zero-order valence-electron chi connectivity index (χ0n) is 14.1. The number of halogens is 1. The zero-order chi connectivity index (χ0) is 16.9. The summed E-state index contributed by atoms with van der Waals surface area (Å²) in [5.41, 5.74) is 1.95. The number of ether oxygens (including phenoxy) is 1. The van der Waals surface area contributed by atoms with Gasteiger partial charge in [-0.1, -0.05) is 6.92 Å². The van der Waals surface area contributed by atoms with Gasteiger partial charge in [0, 0.05) is 36.7 Å². The molecule has 1 aromatic heterocycles. The molecule has 1 aliphatic rings. The fourth-order valence-corrected chi connectivity index (χ4v) is 3.46. The van der Waals surface area contributed by atoms with Gasteiger partial charge < -0.3 is 15.0 Å². The van der Waals surface area contributed by atoms with Crippen molar-refractivity contribution < 1.29 is 13.9 Å². The Kier molecular flexibility index (Phi) is 5.51. The Morgan fingerprint density at radius 3 is 3.17 bits per heavy atom. The van der Waals surface area contributed by atoms with E-state index in [2.05, 4.69) is 17.2 Å². The molecule has 1 aromatic carbocycles. The highest BCUT2D eigenvalue weighted by molar-refractivity contribution is 5.83. The highest BCUT2D eigenvalue weighted by Gasteiger charge is 2.23. The monoisotopic (exact) mass is 332 g/mol. The lowest BCUT2D eigenvalue weighted by Gasteiger charge is -2.28. The molecule has 2 aromatic rings. The van der Waals surface area contributed by atoms with Crippen molar-refractivity contribution in [2.75, 3.05) is 13.2 Å². The molecule has 1 aliphatic heterocycles. The molecule has 1 amide bonds. The fourth-order valence-electron chi connectivity index (χ4n) is 3.46. The summed E-state index contributed by atoms with van der Waals surface area (Å²) < 4.78 is 19.0. The number of amides is 1. The van der Waals surface area contributed by atoms with Crippen molar-refractivity contribution in [1.29, 1.82) is 0 Å². The normalized spacial score (nSPS) is 21.1. The lowest BCUT2D eigenvalue weighted by Crippen LogP contribution is -2.31. The first-order valence-corrected chi connectivity index (χ1v) is 8.79. The highest BCUT2D eigenvalue weighted by atomic mass is 19.1. The number of benzene rings is 1. The number of carbonyl (C=O) groups is 1. The third-order valence-electron chi connectivity index (χ3n) is 4.85. The second kappa shape index (κ2) is 7.79. The first-order chi connectivity index (χ1) is 11.7. The molecule has 0 radical (unpaired) electrons. The minimum atomic E-state index is -0.239. The van der Waals surface area contributed by atoms with Crippen molar-refractivity contribution >= 4 is 16.8 Å². The zero-order valence-corrected chi connectivity index (χ0v) is 14.1. The molecule has 2 heterocycles.